The van der Waals surface area contributed by atoms with Gasteiger partial charge in [-0.25, -0.2) is 9.18 Å². The molecule has 8 heteroatoms. The molecule has 2 aliphatic heterocycles. The van der Waals surface area contributed by atoms with E-state index in [2.05, 4.69) is 35.8 Å². The Kier molecular flexibility index (Phi) is 10.4. The Bertz CT molecular complexity index is 1480. The Hall–Kier alpha value is -3.49. The summed E-state index contributed by atoms with van der Waals surface area (Å²) in [5.74, 6) is -0.514. The number of ether oxygens (including phenoxy) is 2. The number of piperidine rings is 1. The van der Waals surface area contributed by atoms with Gasteiger partial charge >= 0.3 is 5.97 Å². The maximum Gasteiger partial charge on any atom is 0.337 e. The Morgan fingerprint density at radius 3 is 2.22 bits per heavy atom. The second kappa shape index (κ2) is 14.1. The Balaban J connectivity index is 1.58. The zero-order valence-corrected chi connectivity index (χ0v) is 28.4. The molecule has 0 spiro atoms. The number of hydrogen-bond donors (Lipinski definition) is 1. The number of nitrogens with zero attached hydrogens (tertiary/aromatic N) is 3. The van der Waals surface area contributed by atoms with Crippen LogP contribution in [0.3, 0.4) is 0 Å². The van der Waals surface area contributed by atoms with E-state index in [1.165, 1.54) is 25.0 Å². The third kappa shape index (κ3) is 8.45. The maximum atomic E-state index is 13.3. The molecule has 248 valence electrons. The van der Waals surface area contributed by atoms with Crippen LogP contribution >= 0.6 is 0 Å². The number of hydrogen-bond acceptors (Lipinski definition) is 6. The quantitative estimate of drug-likeness (QED) is 0.230. The molecule has 46 heavy (non-hydrogen) atoms. The Morgan fingerprint density at radius 2 is 1.63 bits per heavy atom. The molecule has 2 aromatic carbocycles. The molecule has 2 aliphatic rings. The molecule has 7 nitrogen and oxygen atoms in total. The van der Waals surface area contributed by atoms with Crippen LogP contribution < -0.4 is 9.64 Å². The van der Waals surface area contributed by atoms with Crippen LogP contribution in [0.4, 0.5) is 10.1 Å². The number of pyridine rings is 1. The maximum absolute atomic E-state index is 13.3. The summed E-state index contributed by atoms with van der Waals surface area (Å²) >= 11 is 0. The molecule has 1 atom stereocenters. The molecule has 0 bridgehead atoms. The molecule has 3 heterocycles. The third-order valence-corrected chi connectivity index (χ3v) is 9.15. The van der Waals surface area contributed by atoms with Crippen molar-refractivity contribution in [2.24, 2.45) is 5.41 Å². The number of aliphatic carboxylic acids is 1. The molecular formula is C38H50FN3O4. The zero-order chi connectivity index (χ0) is 33.1. The highest BCUT2D eigenvalue weighted by molar-refractivity contribution is 5.88. The van der Waals surface area contributed by atoms with Gasteiger partial charge in [0.15, 0.2) is 6.10 Å². The lowest BCUT2D eigenvalue weighted by atomic mass is 9.81. The standard InChI is InChI=1S/C38H50FN3O4/c1-26-32(35(36(43)44)46-37(2,3)4)34(42-22-18-38(5,6)19-23-42)33(31(40-26)25-41-20-7-8-21-41)28-11-15-30(16-12-28)45-24-17-27-9-13-29(39)14-10-27/h9-16,35H,7-8,17-25H2,1-6H3,(H,43,44). The van der Waals surface area contributed by atoms with Crippen molar-refractivity contribution in [3.05, 3.63) is 76.9 Å². The SMILES string of the molecule is Cc1nc(CN2CCCC2)c(-c2ccc(OCCc3ccc(F)cc3)cc2)c(N2CCC(C)(C)CC2)c1C(OC(C)(C)C)C(=O)O. The van der Waals surface area contributed by atoms with Crippen LogP contribution in [0.2, 0.25) is 0 Å². The summed E-state index contributed by atoms with van der Waals surface area (Å²) in [7, 11) is 0. The summed E-state index contributed by atoms with van der Waals surface area (Å²) in [6, 6.07) is 14.6. The number of carboxylic acid groups (broad SMARTS) is 1. The van der Waals surface area contributed by atoms with Crippen molar-refractivity contribution in [1.82, 2.24) is 9.88 Å². The lowest BCUT2D eigenvalue weighted by molar-refractivity contribution is -0.160. The number of aromatic nitrogens is 1. The smallest absolute Gasteiger partial charge is 0.337 e. The molecule has 1 N–H and O–H groups in total. The lowest BCUT2D eigenvalue weighted by Crippen LogP contribution is -2.39. The zero-order valence-electron chi connectivity index (χ0n) is 28.4. The molecular weight excluding hydrogens is 581 g/mol. The van der Waals surface area contributed by atoms with Crippen molar-refractivity contribution in [2.45, 2.75) is 91.9 Å². The van der Waals surface area contributed by atoms with Crippen LogP contribution in [0.15, 0.2) is 48.5 Å². The van der Waals surface area contributed by atoms with E-state index in [4.69, 9.17) is 14.5 Å². The third-order valence-electron chi connectivity index (χ3n) is 9.15. The number of anilines is 1. The summed E-state index contributed by atoms with van der Waals surface area (Å²) in [6.45, 7) is 17.1. The average Bonchev–Trinajstić information content (AvgIpc) is 3.50. The number of likely N-dealkylation sites (tertiary alicyclic amines) is 1. The first-order chi connectivity index (χ1) is 21.8. The van der Waals surface area contributed by atoms with E-state index in [0.29, 0.717) is 30.8 Å². The largest absolute Gasteiger partial charge is 0.493 e. The van der Waals surface area contributed by atoms with Gasteiger partial charge in [0.05, 0.1) is 23.6 Å². The van der Waals surface area contributed by atoms with Gasteiger partial charge in [0.25, 0.3) is 0 Å². The van der Waals surface area contributed by atoms with Gasteiger partial charge in [0.2, 0.25) is 0 Å². The van der Waals surface area contributed by atoms with Crippen LogP contribution in [-0.4, -0.2) is 59.3 Å². The highest BCUT2D eigenvalue weighted by atomic mass is 19.1. The van der Waals surface area contributed by atoms with E-state index in [0.717, 1.165) is 72.8 Å². The number of benzene rings is 2. The number of carboxylic acids is 1. The van der Waals surface area contributed by atoms with Crippen LogP contribution in [-0.2, 0) is 22.5 Å². The second-order valence-electron chi connectivity index (χ2n) is 14.6. The highest BCUT2D eigenvalue weighted by Gasteiger charge is 2.37. The van der Waals surface area contributed by atoms with Crippen LogP contribution in [0.25, 0.3) is 11.1 Å². The van der Waals surface area contributed by atoms with E-state index in [9.17, 15) is 14.3 Å². The monoisotopic (exact) mass is 631 g/mol. The fourth-order valence-electron chi connectivity index (χ4n) is 6.55. The van der Waals surface area contributed by atoms with E-state index in [1.54, 1.807) is 12.1 Å². The van der Waals surface area contributed by atoms with Crippen molar-refractivity contribution in [2.75, 3.05) is 37.7 Å². The molecule has 0 amide bonds. The minimum Gasteiger partial charge on any atom is -0.493 e. The van der Waals surface area contributed by atoms with Crippen molar-refractivity contribution in [1.29, 1.82) is 0 Å². The Labute approximate surface area is 273 Å². The summed E-state index contributed by atoms with van der Waals surface area (Å²) in [6.07, 6.45) is 3.87. The van der Waals surface area contributed by atoms with Crippen molar-refractivity contribution in [3.63, 3.8) is 0 Å². The average molecular weight is 632 g/mol. The van der Waals surface area contributed by atoms with Gasteiger partial charge < -0.3 is 19.5 Å². The molecule has 0 aliphatic carbocycles. The van der Waals surface area contributed by atoms with Crippen LogP contribution in [0.1, 0.15) is 88.9 Å². The lowest BCUT2D eigenvalue weighted by Gasteiger charge is -2.41. The molecule has 5 rings (SSSR count). The first-order valence-corrected chi connectivity index (χ1v) is 16.7. The molecule has 3 aromatic rings. The predicted molar refractivity (Wildman–Crippen MR) is 181 cm³/mol. The molecule has 1 aromatic heterocycles. The topological polar surface area (TPSA) is 75.1 Å². The normalized spacial score (nSPS) is 17.7. The minimum absolute atomic E-state index is 0.221. The first kappa shape index (κ1) is 33.9. The summed E-state index contributed by atoms with van der Waals surface area (Å²) < 4.78 is 25.7. The molecule has 1 unspecified atom stereocenters. The van der Waals surface area contributed by atoms with E-state index in [-0.39, 0.29) is 11.2 Å². The summed E-state index contributed by atoms with van der Waals surface area (Å²) in [5, 5.41) is 10.6. The van der Waals surface area contributed by atoms with Crippen molar-refractivity contribution < 1.29 is 23.8 Å². The predicted octanol–water partition coefficient (Wildman–Crippen LogP) is 7.98. The van der Waals surface area contributed by atoms with Gasteiger partial charge in [-0.2, -0.15) is 0 Å². The minimum atomic E-state index is -1.16. The number of aryl methyl sites for hydroxylation is 1. The Morgan fingerprint density at radius 1 is 1.00 bits per heavy atom. The van der Waals surface area contributed by atoms with Gasteiger partial charge in [-0.15, -0.1) is 0 Å². The van der Waals surface area contributed by atoms with Gasteiger partial charge in [-0.3, -0.25) is 9.88 Å². The van der Waals surface area contributed by atoms with Gasteiger partial charge in [-0.1, -0.05) is 38.1 Å². The molecule has 2 fully saturated rings. The van der Waals surface area contributed by atoms with Gasteiger partial charge in [0, 0.05) is 42.9 Å². The van der Waals surface area contributed by atoms with Gasteiger partial charge in [-0.05, 0) is 107 Å². The van der Waals surface area contributed by atoms with Gasteiger partial charge in [0.1, 0.15) is 11.6 Å². The fraction of sp³-hybridized carbons (Fsp3) is 0.526. The van der Waals surface area contributed by atoms with Crippen LogP contribution in [0.5, 0.6) is 5.75 Å². The van der Waals surface area contributed by atoms with E-state index < -0.39 is 17.7 Å². The highest BCUT2D eigenvalue weighted by Crippen LogP contribution is 2.45. The number of carbonyl (C=O) groups is 1. The van der Waals surface area contributed by atoms with Crippen molar-refractivity contribution >= 4 is 11.7 Å². The molecule has 0 saturated carbocycles. The summed E-state index contributed by atoms with van der Waals surface area (Å²) in [5.41, 5.74) is 5.77. The first-order valence-electron chi connectivity index (χ1n) is 16.7. The molecule has 0 radical (unpaired) electrons. The second-order valence-corrected chi connectivity index (χ2v) is 14.6. The summed E-state index contributed by atoms with van der Waals surface area (Å²) in [4.78, 5) is 22.9. The molecule has 2 saturated heterocycles. The van der Waals surface area contributed by atoms with Crippen molar-refractivity contribution in [3.8, 4) is 16.9 Å². The van der Waals surface area contributed by atoms with E-state index in [1.807, 2.05) is 39.8 Å². The number of halogens is 1. The van der Waals surface area contributed by atoms with E-state index >= 15 is 0 Å². The number of rotatable bonds is 11. The van der Waals surface area contributed by atoms with Crippen LogP contribution in [0, 0.1) is 18.2 Å². The fourth-order valence-corrected chi connectivity index (χ4v) is 6.55.